The molecule has 0 aromatic heterocycles. The van der Waals surface area contributed by atoms with Crippen LogP contribution in [0.3, 0.4) is 0 Å². The highest BCUT2D eigenvalue weighted by molar-refractivity contribution is 5.95. The second kappa shape index (κ2) is 11.6. The maximum absolute atomic E-state index is 12.8. The average molecular weight is 444 g/mol. The molecule has 5 unspecified atom stereocenters. The molecule has 0 bridgehead atoms. The third-order valence-electron chi connectivity index (χ3n) is 4.94. The van der Waals surface area contributed by atoms with Crippen LogP contribution < -0.4 is 16.4 Å². The molecule has 5 atom stereocenters. The van der Waals surface area contributed by atoms with E-state index >= 15 is 0 Å². The third-order valence-corrected chi connectivity index (χ3v) is 4.94. The van der Waals surface area contributed by atoms with Gasteiger partial charge in [0.15, 0.2) is 0 Å². The van der Waals surface area contributed by atoms with Crippen LogP contribution in [0.2, 0.25) is 0 Å². The number of aliphatic hydroxyl groups is 1. The summed E-state index contributed by atoms with van der Waals surface area (Å²) in [5, 5.41) is 32.9. The lowest BCUT2D eigenvalue weighted by molar-refractivity contribution is -0.150. The van der Waals surface area contributed by atoms with Gasteiger partial charge >= 0.3 is 11.9 Å². The lowest BCUT2D eigenvalue weighted by Crippen LogP contribution is -2.60. The highest BCUT2D eigenvalue weighted by atomic mass is 16.4. The van der Waals surface area contributed by atoms with Gasteiger partial charge in [-0.05, 0) is 32.1 Å². The standard InChI is InChI=1S/C19H32N4O8/c1-9(2)7-12(21-16(27)11(20)8-14(25)26)17(28)22-15(10(3)24)18(29)23-6-4-5-13(23)19(30)31/h9-13,15,24H,4-8,20H2,1-3H3,(H,21,27)(H,22,28)(H,25,26)(H,30,31). The van der Waals surface area contributed by atoms with Crippen molar-refractivity contribution in [3.05, 3.63) is 0 Å². The Morgan fingerprint density at radius 3 is 2.16 bits per heavy atom. The molecule has 1 aliphatic heterocycles. The van der Waals surface area contributed by atoms with Crippen LogP contribution in [0.5, 0.6) is 0 Å². The van der Waals surface area contributed by atoms with Crippen molar-refractivity contribution in [2.24, 2.45) is 11.7 Å². The molecule has 3 amide bonds. The fourth-order valence-corrected chi connectivity index (χ4v) is 3.37. The van der Waals surface area contributed by atoms with Gasteiger partial charge in [0, 0.05) is 6.54 Å². The maximum atomic E-state index is 12.8. The van der Waals surface area contributed by atoms with Crippen LogP contribution in [0.1, 0.15) is 46.5 Å². The van der Waals surface area contributed by atoms with Gasteiger partial charge in [-0.25, -0.2) is 4.79 Å². The van der Waals surface area contributed by atoms with Gasteiger partial charge < -0.3 is 36.6 Å². The van der Waals surface area contributed by atoms with Crippen molar-refractivity contribution in [2.75, 3.05) is 6.54 Å². The quantitative estimate of drug-likeness (QED) is 0.214. The minimum atomic E-state index is -1.41. The number of nitrogens with zero attached hydrogens (tertiary/aromatic N) is 1. The number of rotatable bonds is 11. The maximum Gasteiger partial charge on any atom is 0.326 e. The van der Waals surface area contributed by atoms with E-state index in [0.717, 1.165) is 4.90 Å². The first kappa shape index (κ1) is 26.3. The Balaban J connectivity index is 2.96. The van der Waals surface area contributed by atoms with Crippen LogP contribution in [0.15, 0.2) is 0 Å². The lowest BCUT2D eigenvalue weighted by atomic mass is 10.0. The van der Waals surface area contributed by atoms with E-state index < -0.39 is 66.4 Å². The predicted octanol–water partition coefficient (Wildman–Crippen LogP) is -1.74. The molecule has 0 saturated carbocycles. The molecular weight excluding hydrogens is 412 g/mol. The Hall–Kier alpha value is -2.73. The Kier molecular flexibility index (Phi) is 9.85. The van der Waals surface area contributed by atoms with Gasteiger partial charge in [0.25, 0.3) is 0 Å². The van der Waals surface area contributed by atoms with Crippen molar-refractivity contribution in [1.82, 2.24) is 15.5 Å². The van der Waals surface area contributed by atoms with Gasteiger partial charge in [-0.1, -0.05) is 13.8 Å². The lowest BCUT2D eigenvalue weighted by Gasteiger charge is -2.30. The SMILES string of the molecule is CC(C)CC(NC(=O)C(N)CC(=O)O)C(=O)NC(C(=O)N1CCCC1C(=O)O)C(C)O. The van der Waals surface area contributed by atoms with Crippen molar-refractivity contribution < 1.29 is 39.3 Å². The topological polar surface area (TPSA) is 199 Å². The van der Waals surface area contributed by atoms with Gasteiger partial charge in [0.1, 0.15) is 18.1 Å². The highest BCUT2D eigenvalue weighted by Gasteiger charge is 2.40. The minimum Gasteiger partial charge on any atom is -0.481 e. The predicted molar refractivity (Wildman–Crippen MR) is 108 cm³/mol. The minimum absolute atomic E-state index is 0.0533. The van der Waals surface area contributed by atoms with Gasteiger partial charge in [-0.2, -0.15) is 0 Å². The molecule has 31 heavy (non-hydrogen) atoms. The second-order valence-corrected chi connectivity index (χ2v) is 8.15. The Bertz CT molecular complexity index is 696. The third kappa shape index (κ3) is 7.79. The first-order valence-electron chi connectivity index (χ1n) is 10.1. The van der Waals surface area contributed by atoms with E-state index in [1.54, 1.807) is 13.8 Å². The smallest absolute Gasteiger partial charge is 0.326 e. The molecule has 0 aromatic rings. The van der Waals surface area contributed by atoms with E-state index in [2.05, 4.69) is 10.6 Å². The van der Waals surface area contributed by atoms with Crippen LogP contribution in [0, 0.1) is 5.92 Å². The summed E-state index contributed by atoms with van der Waals surface area (Å²) in [6.45, 7) is 5.06. The molecular formula is C19H32N4O8. The molecule has 176 valence electrons. The second-order valence-electron chi connectivity index (χ2n) is 8.15. The van der Waals surface area contributed by atoms with E-state index in [1.807, 2.05) is 0 Å². The van der Waals surface area contributed by atoms with Gasteiger partial charge in [-0.15, -0.1) is 0 Å². The van der Waals surface area contributed by atoms with E-state index in [0.29, 0.717) is 6.42 Å². The van der Waals surface area contributed by atoms with Crippen LogP contribution >= 0.6 is 0 Å². The monoisotopic (exact) mass is 444 g/mol. The molecule has 0 aliphatic carbocycles. The number of aliphatic carboxylic acids is 2. The van der Waals surface area contributed by atoms with Crippen molar-refractivity contribution >= 4 is 29.7 Å². The van der Waals surface area contributed by atoms with Gasteiger partial charge in [-0.3, -0.25) is 19.2 Å². The molecule has 12 nitrogen and oxygen atoms in total. The summed E-state index contributed by atoms with van der Waals surface area (Å²) < 4.78 is 0. The number of nitrogens with one attached hydrogen (secondary N) is 2. The number of carbonyl (C=O) groups is 5. The van der Waals surface area contributed by atoms with Crippen LogP contribution in [-0.4, -0.2) is 86.7 Å². The Morgan fingerprint density at radius 1 is 1.06 bits per heavy atom. The first-order chi connectivity index (χ1) is 14.3. The van der Waals surface area contributed by atoms with Crippen LogP contribution in [-0.2, 0) is 24.0 Å². The van der Waals surface area contributed by atoms with Crippen molar-refractivity contribution in [3.63, 3.8) is 0 Å². The van der Waals surface area contributed by atoms with Gasteiger partial charge in [0.05, 0.1) is 18.6 Å². The van der Waals surface area contributed by atoms with E-state index in [9.17, 15) is 34.2 Å². The summed E-state index contributed by atoms with van der Waals surface area (Å²) in [5.74, 6) is -4.83. The number of hydrogen-bond donors (Lipinski definition) is 6. The summed E-state index contributed by atoms with van der Waals surface area (Å²) in [6.07, 6.45) is -1.02. The number of likely N-dealkylation sites (tertiary alicyclic amines) is 1. The summed E-state index contributed by atoms with van der Waals surface area (Å²) in [5.41, 5.74) is 5.54. The molecule has 12 heteroatoms. The first-order valence-corrected chi connectivity index (χ1v) is 10.1. The summed E-state index contributed by atoms with van der Waals surface area (Å²) >= 11 is 0. The molecule has 1 aliphatic rings. The van der Waals surface area contributed by atoms with Crippen LogP contribution in [0.25, 0.3) is 0 Å². The zero-order valence-corrected chi connectivity index (χ0v) is 17.9. The number of hydrogen-bond acceptors (Lipinski definition) is 7. The average Bonchev–Trinajstić information content (AvgIpc) is 3.13. The molecule has 1 rings (SSSR count). The van der Waals surface area contributed by atoms with Crippen LogP contribution in [0.4, 0.5) is 0 Å². The van der Waals surface area contributed by atoms with E-state index in [4.69, 9.17) is 10.8 Å². The number of amides is 3. The van der Waals surface area contributed by atoms with Crippen molar-refractivity contribution in [2.45, 2.75) is 76.7 Å². The van der Waals surface area contributed by atoms with E-state index in [1.165, 1.54) is 6.92 Å². The molecule has 0 spiro atoms. The summed E-state index contributed by atoms with van der Waals surface area (Å²) in [7, 11) is 0. The fourth-order valence-electron chi connectivity index (χ4n) is 3.37. The molecule has 1 heterocycles. The van der Waals surface area contributed by atoms with Crippen molar-refractivity contribution in [3.8, 4) is 0 Å². The number of carboxylic acid groups (broad SMARTS) is 2. The molecule has 0 aromatic carbocycles. The number of carboxylic acids is 2. The largest absolute Gasteiger partial charge is 0.481 e. The Labute approximate surface area is 180 Å². The van der Waals surface area contributed by atoms with Gasteiger partial charge in [0.2, 0.25) is 17.7 Å². The summed E-state index contributed by atoms with van der Waals surface area (Å²) in [6, 6.07) is -4.94. The summed E-state index contributed by atoms with van der Waals surface area (Å²) in [4.78, 5) is 61.1. The number of aliphatic hydroxyl groups excluding tert-OH is 1. The molecule has 7 N–H and O–H groups in total. The number of carbonyl (C=O) groups excluding carboxylic acids is 3. The van der Waals surface area contributed by atoms with Crippen molar-refractivity contribution in [1.29, 1.82) is 0 Å². The fraction of sp³-hybridized carbons (Fsp3) is 0.737. The van der Waals surface area contributed by atoms with E-state index in [-0.39, 0.29) is 25.3 Å². The Morgan fingerprint density at radius 2 is 1.68 bits per heavy atom. The number of nitrogens with two attached hydrogens (primary N) is 1. The normalized spacial score (nSPS) is 19.9. The highest BCUT2D eigenvalue weighted by Crippen LogP contribution is 2.19. The zero-order chi connectivity index (χ0) is 23.9. The molecule has 1 saturated heterocycles. The molecule has 1 fully saturated rings. The zero-order valence-electron chi connectivity index (χ0n) is 17.9. The molecule has 0 radical (unpaired) electrons.